The Hall–Kier alpha value is -1.38. The Labute approximate surface area is 109 Å². The fourth-order valence-corrected chi connectivity index (χ4v) is 2.41. The van der Waals surface area contributed by atoms with Crippen molar-refractivity contribution in [2.45, 2.75) is 25.4 Å². The van der Waals surface area contributed by atoms with Crippen molar-refractivity contribution < 1.29 is 0 Å². The molecule has 0 saturated carbocycles. The van der Waals surface area contributed by atoms with Crippen molar-refractivity contribution in [3.63, 3.8) is 0 Å². The van der Waals surface area contributed by atoms with E-state index in [9.17, 15) is 0 Å². The molecule has 0 amide bonds. The van der Waals surface area contributed by atoms with Gasteiger partial charge in [-0.15, -0.1) is 0 Å². The van der Waals surface area contributed by atoms with Crippen LogP contribution in [0.25, 0.3) is 10.8 Å². The molecule has 2 N–H and O–H groups in total. The van der Waals surface area contributed by atoms with Crippen molar-refractivity contribution >= 4 is 10.8 Å². The van der Waals surface area contributed by atoms with E-state index in [0.717, 1.165) is 6.42 Å². The molecule has 2 nitrogen and oxygen atoms in total. The first-order chi connectivity index (χ1) is 8.58. The Kier molecular flexibility index (Phi) is 4.00. The standard InChI is InChI=1S/C16H22N2/c1-12(17)10-16(18(2)3)15-9-8-13-6-4-5-7-14(13)11-15/h4-9,11-12,16H,10,17H2,1-3H3. The summed E-state index contributed by atoms with van der Waals surface area (Å²) in [5.74, 6) is 0. The number of hydrogen-bond donors (Lipinski definition) is 1. The first-order valence-electron chi connectivity index (χ1n) is 6.48. The van der Waals surface area contributed by atoms with Gasteiger partial charge < -0.3 is 10.6 Å². The molecule has 2 aromatic carbocycles. The average Bonchev–Trinajstić information content (AvgIpc) is 2.35. The van der Waals surface area contributed by atoms with Crippen molar-refractivity contribution in [3.05, 3.63) is 48.0 Å². The van der Waals surface area contributed by atoms with E-state index >= 15 is 0 Å². The van der Waals surface area contributed by atoms with E-state index < -0.39 is 0 Å². The van der Waals surface area contributed by atoms with Gasteiger partial charge in [-0.05, 0) is 49.8 Å². The SMILES string of the molecule is CC(N)CC(c1ccc2ccccc2c1)N(C)C. The Balaban J connectivity index is 2.38. The van der Waals surface area contributed by atoms with Crippen LogP contribution in [0.1, 0.15) is 24.9 Å². The minimum atomic E-state index is 0.212. The number of nitrogens with zero attached hydrogens (tertiary/aromatic N) is 1. The zero-order valence-electron chi connectivity index (χ0n) is 11.4. The molecule has 0 aliphatic carbocycles. The first-order valence-corrected chi connectivity index (χ1v) is 6.48. The smallest absolute Gasteiger partial charge is 0.0356 e. The first kappa shape index (κ1) is 13.1. The third-order valence-electron chi connectivity index (χ3n) is 3.38. The van der Waals surface area contributed by atoms with E-state index in [1.54, 1.807) is 0 Å². The molecule has 0 saturated heterocycles. The van der Waals surface area contributed by atoms with Crippen LogP contribution in [-0.4, -0.2) is 25.0 Å². The Morgan fingerprint density at radius 2 is 1.72 bits per heavy atom. The highest BCUT2D eigenvalue weighted by molar-refractivity contribution is 5.83. The molecular weight excluding hydrogens is 220 g/mol. The van der Waals surface area contributed by atoms with Crippen LogP contribution in [0.15, 0.2) is 42.5 Å². The molecule has 0 bridgehead atoms. The van der Waals surface area contributed by atoms with Gasteiger partial charge in [-0.1, -0.05) is 36.4 Å². The molecule has 18 heavy (non-hydrogen) atoms. The van der Waals surface area contributed by atoms with Gasteiger partial charge in [0.15, 0.2) is 0 Å². The third-order valence-corrected chi connectivity index (χ3v) is 3.38. The van der Waals surface area contributed by atoms with E-state index in [1.807, 2.05) is 0 Å². The number of rotatable bonds is 4. The molecule has 0 fully saturated rings. The quantitative estimate of drug-likeness (QED) is 0.892. The van der Waals surface area contributed by atoms with Crippen LogP contribution in [0.2, 0.25) is 0 Å². The Bertz CT molecular complexity index is 517. The molecule has 0 aromatic heterocycles. The maximum Gasteiger partial charge on any atom is 0.0356 e. The van der Waals surface area contributed by atoms with Crippen LogP contribution in [-0.2, 0) is 0 Å². The summed E-state index contributed by atoms with van der Waals surface area (Å²) in [7, 11) is 4.23. The number of hydrogen-bond acceptors (Lipinski definition) is 2. The molecular formula is C16H22N2. The van der Waals surface area contributed by atoms with E-state index in [4.69, 9.17) is 5.73 Å². The highest BCUT2D eigenvalue weighted by atomic mass is 15.1. The molecule has 0 aliphatic heterocycles. The van der Waals surface area contributed by atoms with Crippen molar-refractivity contribution in [1.29, 1.82) is 0 Å². The molecule has 0 aliphatic rings. The van der Waals surface area contributed by atoms with Gasteiger partial charge in [-0.25, -0.2) is 0 Å². The van der Waals surface area contributed by atoms with Crippen LogP contribution in [0.3, 0.4) is 0 Å². The fraction of sp³-hybridized carbons (Fsp3) is 0.375. The van der Waals surface area contributed by atoms with E-state index in [2.05, 4.69) is 68.4 Å². The molecule has 2 atom stereocenters. The lowest BCUT2D eigenvalue weighted by Gasteiger charge is -2.26. The predicted octanol–water partition coefficient (Wildman–Crippen LogP) is 3.18. The van der Waals surface area contributed by atoms with E-state index in [0.29, 0.717) is 6.04 Å². The van der Waals surface area contributed by atoms with Crippen LogP contribution < -0.4 is 5.73 Å². The van der Waals surface area contributed by atoms with Crippen LogP contribution in [0.5, 0.6) is 0 Å². The molecule has 96 valence electrons. The van der Waals surface area contributed by atoms with Gasteiger partial charge in [0.2, 0.25) is 0 Å². The zero-order valence-corrected chi connectivity index (χ0v) is 11.4. The second-order valence-corrected chi connectivity index (χ2v) is 5.30. The van der Waals surface area contributed by atoms with Gasteiger partial charge in [0.1, 0.15) is 0 Å². The van der Waals surface area contributed by atoms with Crippen LogP contribution in [0.4, 0.5) is 0 Å². The van der Waals surface area contributed by atoms with Gasteiger partial charge in [-0.2, -0.15) is 0 Å². The van der Waals surface area contributed by atoms with Gasteiger partial charge in [0.25, 0.3) is 0 Å². The van der Waals surface area contributed by atoms with E-state index in [1.165, 1.54) is 16.3 Å². The third kappa shape index (κ3) is 2.89. The summed E-state index contributed by atoms with van der Waals surface area (Å²) in [4.78, 5) is 2.24. The van der Waals surface area contributed by atoms with Crippen molar-refractivity contribution in [1.82, 2.24) is 4.90 Å². The molecule has 2 heteroatoms. The molecule has 0 radical (unpaired) electrons. The lowest BCUT2D eigenvalue weighted by atomic mass is 9.97. The lowest BCUT2D eigenvalue weighted by Crippen LogP contribution is -2.27. The highest BCUT2D eigenvalue weighted by Crippen LogP contribution is 2.26. The summed E-state index contributed by atoms with van der Waals surface area (Å²) in [5, 5.41) is 2.59. The minimum Gasteiger partial charge on any atom is -0.328 e. The summed E-state index contributed by atoms with van der Waals surface area (Å²) >= 11 is 0. The highest BCUT2D eigenvalue weighted by Gasteiger charge is 2.15. The Morgan fingerprint density at radius 1 is 1.06 bits per heavy atom. The van der Waals surface area contributed by atoms with Gasteiger partial charge >= 0.3 is 0 Å². The van der Waals surface area contributed by atoms with Gasteiger partial charge in [-0.3, -0.25) is 0 Å². The maximum atomic E-state index is 5.95. The van der Waals surface area contributed by atoms with Crippen molar-refractivity contribution in [2.75, 3.05) is 14.1 Å². The van der Waals surface area contributed by atoms with Crippen LogP contribution >= 0.6 is 0 Å². The second-order valence-electron chi connectivity index (χ2n) is 5.30. The molecule has 2 rings (SSSR count). The molecule has 0 spiro atoms. The van der Waals surface area contributed by atoms with Gasteiger partial charge in [0.05, 0.1) is 0 Å². The van der Waals surface area contributed by atoms with Crippen molar-refractivity contribution in [3.8, 4) is 0 Å². The number of benzene rings is 2. The summed E-state index contributed by atoms with van der Waals surface area (Å²) in [6.45, 7) is 2.07. The summed E-state index contributed by atoms with van der Waals surface area (Å²) in [6, 6.07) is 15.8. The monoisotopic (exact) mass is 242 g/mol. The molecule has 2 unspecified atom stereocenters. The molecule has 2 aromatic rings. The Morgan fingerprint density at radius 3 is 2.33 bits per heavy atom. The number of fused-ring (bicyclic) bond motifs is 1. The van der Waals surface area contributed by atoms with Gasteiger partial charge in [0, 0.05) is 12.1 Å². The largest absolute Gasteiger partial charge is 0.328 e. The van der Waals surface area contributed by atoms with E-state index in [-0.39, 0.29) is 6.04 Å². The normalized spacial score (nSPS) is 14.9. The zero-order chi connectivity index (χ0) is 13.1. The number of nitrogens with two attached hydrogens (primary N) is 1. The lowest BCUT2D eigenvalue weighted by molar-refractivity contribution is 0.272. The average molecular weight is 242 g/mol. The fourth-order valence-electron chi connectivity index (χ4n) is 2.41. The second kappa shape index (κ2) is 5.51. The van der Waals surface area contributed by atoms with Crippen molar-refractivity contribution in [2.24, 2.45) is 5.73 Å². The summed E-state index contributed by atoms with van der Waals surface area (Å²) in [6.07, 6.45) is 0.978. The minimum absolute atomic E-state index is 0.212. The topological polar surface area (TPSA) is 29.3 Å². The predicted molar refractivity (Wildman–Crippen MR) is 78.6 cm³/mol. The summed E-state index contributed by atoms with van der Waals surface area (Å²) < 4.78 is 0. The summed E-state index contributed by atoms with van der Waals surface area (Å²) in [5.41, 5.74) is 7.30. The van der Waals surface area contributed by atoms with Crippen LogP contribution in [0, 0.1) is 0 Å². The maximum absolute atomic E-state index is 5.95. The molecule has 0 heterocycles.